The zero-order chi connectivity index (χ0) is 36.1. The Morgan fingerprint density at radius 2 is 1.66 bits per heavy atom. The normalized spacial score (nSPS) is 44.5. The van der Waals surface area contributed by atoms with Gasteiger partial charge in [-0.15, -0.1) is 0 Å². The summed E-state index contributed by atoms with van der Waals surface area (Å²) in [4.78, 5) is 14.0. The van der Waals surface area contributed by atoms with Gasteiger partial charge in [-0.05, 0) is 160 Å². The molecule has 6 fully saturated rings. The summed E-state index contributed by atoms with van der Waals surface area (Å²) in [5.74, 6) is 2.44. The smallest absolute Gasteiger partial charge is 0.307 e. The van der Waals surface area contributed by atoms with E-state index >= 15 is 0 Å². The Bertz CT molecular complexity index is 1550. The number of carboxylic acids is 1. The van der Waals surface area contributed by atoms with Crippen LogP contribution in [0.5, 0.6) is 0 Å². The number of nitrogens with zero attached hydrogens (tertiary/aromatic N) is 1. The first-order valence-corrected chi connectivity index (χ1v) is 22.3. The van der Waals surface area contributed by atoms with Crippen LogP contribution < -0.4 is 5.32 Å². The number of aliphatic carboxylic acids is 1. The molecule has 0 aromatic heterocycles. The first-order chi connectivity index (χ1) is 23.4. The number of likely N-dealkylation sites (tertiary alicyclic amines) is 1. The molecule has 0 bridgehead atoms. The molecule has 0 aromatic rings. The van der Waals surface area contributed by atoms with Crippen molar-refractivity contribution in [1.82, 2.24) is 10.2 Å². The third-order valence-corrected chi connectivity index (χ3v) is 19.2. The van der Waals surface area contributed by atoms with Gasteiger partial charge in [0.1, 0.15) is 9.84 Å². The van der Waals surface area contributed by atoms with E-state index < -0.39 is 15.8 Å². The summed E-state index contributed by atoms with van der Waals surface area (Å²) in [6.07, 6.45) is 20.8. The first-order valence-electron chi connectivity index (χ1n) is 20.3. The van der Waals surface area contributed by atoms with Gasteiger partial charge in [0.15, 0.2) is 0 Å². The fourth-order valence-electron chi connectivity index (χ4n) is 14.4. The lowest BCUT2D eigenvalue weighted by molar-refractivity contribution is -0.221. The molecular weight excluding hydrogens is 641 g/mol. The van der Waals surface area contributed by atoms with Gasteiger partial charge in [0.05, 0.1) is 11.2 Å². The third kappa shape index (κ3) is 5.67. The molecule has 0 radical (unpaired) electrons. The highest BCUT2D eigenvalue weighted by Crippen LogP contribution is 2.76. The second-order valence-corrected chi connectivity index (χ2v) is 22.3. The van der Waals surface area contributed by atoms with Crippen molar-refractivity contribution in [3.05, 3.63) is 35.5 Å². The van der Waals surface area contributed by atoms with Crippen LogP contribution >= 0.6 is 0 Å². The van der Waals surface area contributed by atoms with Crippen molar-refractivity contribution in [2.75, 3.05) is 32.4 Å². The fourth-order valence-corrected chi connectivity index (χ4v) is 15.5. The van der Waals surface area contributed by atoms with Crippen LogP contribution in [0.3, 0.4) is 0 Å². The number of sulfone groups is 1. The highest BCUT2D eigenvalue weighted by atomic mass is 32.2. The maximum atomic E-state index is 12.1. The lowest BCUT2D eigenvalue weighted by Gasteiger charge is -2.72. The minimum atomic E-state index is -2.94. The number of hydrogen-bond donors (Lipinski definition) is 2. The Labute approximate surface area is 304 Å². The Morgan fingerprint density at radius 3 is 2.30 bits per heavy atom. The second-order valence-electron chi connectivity index (χ2n) is 20.0. The molecule has 0 amide bonds. The molecule has 2 N–H and O–H groups in total. The molecule has 1 heterocycles. The third-order valence-electron chi connectivity index (χ3n) is 17.5. The van der Waals surface area contributed by atoms with E-state index in [1.807, 2.05) is 0 Å². The summed E-state index contributed by atoms with van der Waals surface area (Å²) < 4.78 is 24.2. The summed E-state index contributed by atoms with van der Waals surface area (Å²) in [5, 5.41) is 13.5. The van der Waals surface area contributed by atoms with Gasteiger partial charge in [0.25, 0.3) is 0 Å². The largest absolute Gasteiger partial charge is 0.481 e. The van der Waals surface area contributed by atoms with Crippen LogP contribution in [0.15, 0.2) is 35.5 Å². The van der Waals surface area contributed by atoms with E-state index in [1.54, 1.807) is 0 Å². The molecule has 6 aliphatic carbocycles. The summed E-state index contributed by atoms with van der Waals surface area (Å²) in [6, 6.07) is 0. The SMILES string of the molecule is C=C(C)C1CCC2(NCCN3CCC(S(C)(=O)=O)CC3)CCC3(C)C(CCC4C5(C)CC=C(C=C6CC(C(=O)O)C6)C(C)(C)C5CCC43C)C12. The summed E-state index contributed by atoms with van der Waals surface area (Å²) in [7, 11) is -2.94. The van der Waals surface area contributed by atoms with Crippen molar-refractivity contribution in [3.63, 3.8) is 0 Å². The van der Waals surface area contributed by atoms with Gasteiger partial charge in [0, 0.05) is 24.9 Å². The molecule has 1 aliphatic heterocycles. The molecule has 9 unspecified atom stereocenters. The monoisotopic (exact) mass is 708 g/mol. The van der Waals surface area contributed by atoms with Crippen LogP contribution in [0.1, 0.15) is 125 Å². The van der Waals surface area contributed by atoms with Crippen LogP contribution in [0.25, 0.3) is 0 Å². The molecule has 6 nitrogen and oxygen atoms in total. The summed E-state index contributed by atoms with van der Waals surface area (Å²) >= 11 is 0. The second kappa shape index (κ2) is 12.6. The number of hydrogen-bond acceptors (Lipinski definition) is 5. The van der Waals surface area contributed by atoms with E-state index in [4.69, 9.17) is 0 Å². The standard InChI is InChI=1S/C43H68N2O4S/c1-28(2)33-12-18-43(44-21-24-45-22-14-32(15-23-45)50(8,48)49)20-19-41(6)34(37(33)43)9-10-36-40(5)16-11-31(27-29-25-30(26-29)38(46)47)39(3,4)35(40)13-17-42(36,41)7/h11,27,30,32-37,44H,1,9-10,12-26H2,2-8H3,(H,46,47). The van der Waals surface area contributed by atoms with Gasteiger partial charge >= 0.3 is 5.97 Å². The van der Waals surface area contributed by atoms with Crippen LogP contribution in [0.4, 0.5) is 0 Å². The highest BCUT2D eigenvalue weighted by molar-refractivity contribution is 7.91. The summed E-state index contributed by atoms with van der Waals surface area (Å²) in [6.45, 7) is 23.8. The van der Waals surface area contributed by atoms with Crippen molar-refractivity contribution in [3.8, 4) is 0 Å². The van der Waals surface area contributed by atoms with E-state index in [9.17, 15) is 18.3 Å². The molecule has 0 spiro atoms. The van der Waals surface area contributed by atoms with Gasteiger partial charge in [-0.1, -0.05) is 64.5 Å². The van der Waals surface area contributed by atoms with E-state index in [0.717, 1.165) is 58.3 Å². The van der Waals surface area contributed by atoms with E-state index in [2.05, 4.69) is 70.5 Å². The average Bonchev–Trinajstić information content (AvgIpc) is 3.39. The minimum Gasteiger partial charge on any atom is -0.481 e. The number of nitrogens with one attached hydrogen (secondary N) is 1. The molecule has 7 heteroatoms. The molecule has 9 atom stereocenters. The predicted octanol–water partition coefficient (Wildman–Crippen LogP) is 8.45. The number of allylic oxidation sites excluding steroid dienone is 5. The van der Waals surface area contributed by atoms with Crippen LogP contribution in [0.2, 0.25) is 0 Å². The predicted molar refractivity (Wildman–Crippen MR) is 203 cm³/mol. The van der Waals surface area contributed by atoms with Crippen molar-refractivity contribution < 1.29 is 18.3 Å². The van der Waals surface area contributed by atoms with Crippen molar-refractivity contribution in [1.29, 1.82) is 0 Å². The van der Waals surface area contributed by atoms with Gasteiger partial charge in [-0.25, -0.2) is 8.42 Å². The number of fused-ring (bicyclic) bond motifs is 7. The topological polar surface area (TPSA) is 86.7 Å². The molecule has 7 aliphatic rings. The molecule has 280 valence electrons. The Morgan fingerprint density at radius 1 is 0.960 bits per heavy atom. The van der Waals surface area contributed by atoms with Crippen molar-refractivity contribution >= 4 is 15.8 Å². The van der Waals surface area contributed by atoms with Gasteiger partial charge < -0.3 is 15.3 Å². The Hall–Kier alpha value is -1.44. The van der Waals surface area contributed by atoms with Crippen LogP contribution in [-0.4, -0.2) is 67.6 Å². The van der Waals surface area contributed by atoms with Crippen molar-refractivity contribution in [2.45, 2.75) is 136 Å². The lowest BCUT2D eigenvalue weighted by Crippen LogP contribution is -2.68. The fraction of sp³-hybridized carbons (Fsp3) is 0.837. The molecule has 0 aromatic carbocycles. The average molecular weight is 709 g/mol. The zero-order valence-electron chi connectivity index (χ0n) is 32.5. The minimum absolute atomic E-state index is 0.0929. The number of carboxylic acid groups (broad SMARTS) is 1. The van der Waals surface area contributed by atoms with Crippen LogP contribution in [0, 0.1) is 57.2 Å². The van der Waals surface area contributed by atoms with Gasteiger partial charge in [0.2, 0.25) is 0 Å². The Kier molecular flexibility index (Phi) is 9.28. The molecular formula is C43H68N2O4S. The van der Waals surface area contributed by atoms with E-state index in [-0.39, 0.29) is 27.5 Å². The van der Waals surface area contributed by atoms with Crippen LogP contribution in [-0.2, 0) is 14.6 Å². The van der Waals surface area contributed by atoms with Crippen molar-refractivity contribution in [2.24, 2.45) is 57.2 Å². The molecule has 50 heavy (non-hydrogen) atoms. The number of rotatable bonds is 8. The quantitative estimate of drug-likeness (QED) is 0.246. The number of carbonyl (C=O) groups is 1. The number of piperidine rings is 1. The first kappa shape index (κ1) is 36.9. The summed E-state index contributed by atoms with van der Waals surface area (Å²) in [5.41, 5.74) is 5.34. The molecule has 1 saturated heterocycles. The zero-order valence-corrected chi connectivity index (χ0v) is 33.3. The van der Waals surface area contributed by atoms with E-state index in [1.165, 1.54) is 74.3 Å². The molecule has 5 saturated carbocycles. The lowest BCUT2D eigenvalue weighted by atomic mass is 9.33. The van der Waals surface area contributed by atoms with Gasteiger partial charge in [-0.2, -0.15) is 0 Å². The maximum Gasteiger partial charge on any atom is 0.307 e. The Balaban J connectivity index is 1.10. The van der Waals surface area contributed by atoms with E-state index in [0.29, 0.717) is 40.4 Å². The molecule has 7 rings (SSSR count). The maximum absolute atomic E-state index is 12.1. The highest BCUT2D eigenvalue weighted by Gasteiger charge is 2.70. The van der Waals surface area contributed by atoms with Gasteiger partial charge in [-0.3, -0.25) is 4.79 Å².